The first-order valence-electron chi connectivity index (χ1n) is 8.95. The summed E-state index contributed by atoms with van der Waals surface area (Å²) in [5.41, 5.74) is 1.01. The van der Waals surface area contributed by atoms with E-state index in [2.05, 4.69) is 5.32 Å². The van der Waals surface area contributed by atoms with Gasteiger partial charge in [-0.3, -0.25) is 29.4 Å². The van der Waals surface area contributed by atoms with Crippen molar-refractivity contribution in [1.82, 2.24) is 10.2 Å². The zero-order valence-electron chi connectivity index (χ0n) is 15.7. The average molecular weight is 423 g/mol. The molecule has 1 aliphatic heterocycles. The molecule has 0 atom stereocenters. The number of carbonyl (C=O) groups excluding carboxylic acids is 3. The van der Waals surface area contributed by atoms with Crippen molar-refractivity contribution in [2.75, 3.05) is 13.1 Å². The fourth-order valence-electron chi connectivity index (χ4n) is 2.70. The predicted octanol–water partition coefficient (Wildman–Crippen LogP) is 3.46. The molecule has 1 heterocycles. The van der Waals surface area contributed by atoms with Gasteiger partial charge in [0.25, 0.3) is 16.8 Å². The van der Waals surface area contributed by atoms with Crippen molar-refractivity contribution in [3.05, 3.63) is 86.8 Å². The van der Waals surface area contributed by atoms with Gasteiger partial charge in [0.05, 0.1) is 15.4 Å². The molecule has 3 amide bonds. The van der Waals surface area contributed by atoms with E-state index in [1.54, 1.807) is 12.1 Å². The molecule has 0 aliphatic carbocycles. The van der Waals surface area contributed by atoms with Crippen LogP contribution in [0.2, 0.25) is 0 Å². The van der Waals surface area contributed by atoms with E-state index in [-0.39, 0.29) is 18.8 Å². The molecule has 9 heteroatoms. The third-order valence-electron chi connectivity index (χ3n) is 4.15. The van der Waals surface area contributed by atoms with Crippen molar-refractivity contribution in [1.29, 1.82) is 0 Å². The summed E-state index contributed by atoms with van der Waals surface area (Å²) >= 11 is 0.855. The largest absolute Gasteiger partial charge is 0.351 e. The summed E-state index contributed by atoms with van der Waals surface area (Å²) in [6.07, 6.45) is 4.17. The quantitative estimate of drug-likeness (QED) is 0.415. The van der Waals surface area contributed by atoms with Gasteiger partial charge in [-0.1, -0.05) is 42.5 Å². The summed E-state index contributed by atoms with van der Waals surface area (Å²) in [5, 5.41) is 13.2. The van der Waals surface area contributed by atoms with Gasteiger partial charge in [-0.05, 0) is 35.5 Å². The zero-order valence-corrected chi connectivity index (χ0v) is 16.5. The minimum absolute atomic E-state index is 0.0296. The fraction of sp³-hybridized carbons (Fsp3) is 0.0952. The van der Waals surface area contributed by atoms with Gasteiger partial charge in [-0.25, -0.2) is 0 Å². The molecule has 2 aromatic carbocycles. The number of amides is 3. The summed E-state index contributed by atoms with van der Waals surface area (Å²) in [5.74, 6) is -0.890. The minimum Gasteiger partial charge on any atom is -0.351 e. The number of hydrogen-bond acceptors (Lipinski definition) is 6. The normalized spacial score (nSPS) is 15.2. The molecule has 0 spiro atoms. The van der Waals surface area contributed by atoms with Gasteiger partial charge in [0.15, 0.2) is 0 Å². The van der Waals surface area contributed by atoms with Crippen LogP contribution in [0.4, 0.5) is 10.5 Å². The number of nitro groups is 1. The van der Waals surface area contributed by atoms with Gasteiger partial charge < -0.3 is 5.32 Å². The molecular formula is C21H17N3O5S. The monoisotopic (exact) mass is 423 g/mol. The van der Waals surface area contributed by atoms with Gasteiger partial charge in [0, 0.05) is 25.2 Å². The maximum atomic E-state index is 12.4. The standard InChI is InChI=1S/C21H17N3O5S/c25-19(11-10-16-8-4-5-9-17(16)24(28)29)22-12-13-23-20(26)18(30-21(23)27)14-15-6-2-1-3-7-15/h1-11,14H,12-13H2,(H,22,25). The number of nitrogens with zero attached hydrogens (tertiary/aromatic N) is 2. The van der Waals surface area contributed by atoms with Crippen LogP contribution in [-0.2, 0) is 9.59 Å². The summed E-state index contributed by atoms with van der Waals surface area (Å²) in [4.78, 5) is 48.4. The Balaban J connectivity index is 1.54. The van der Waals surface area contributed by atoms with Crippen molar-refractivity contribution in [3.63, 3.8) is 0 Å². The molecule has 8 nitrogen and oxygen atoms in total. The molecule has 1 aliphatic rings. The van der Waals surface area contributed by atoms with Crippen LogP contribution in [0.1, 0.15) is 11.1 Å². The van der Waals surface area contributed by atoms with Gasteiger partial charge in [-0.2, -0.15) is 0 Å². The maximum Gasteiger partial charge on any atom is 0.293 e. The van der Waals surface area contributed by atoms with E-state index in [1.807, 2.05) is 30.3 Å². The molecule has 30 heavy (non-hydrogen) atoms. The lowest BCUT2D eigenvalue weighted by Crippen LogP contribution is -2.36. The molecule has 1 N–H and O–H groups in total. The van der Waals surface area contributed by atoms with Gasteiger partial charge in [-0.15, -0.1) is 0 Å². The highest BCUT2D eigenvalue weighted by molar-refractivity contribution is 8.18. The topological polar surface area (TPSA) is 110 Å². The van der Waals surface area contributed by atoms with Crippen molar-refractivity contribution >= 4 is 46.7 Å². The van der Waals surface area contributed by atoms with Crippen LogP contribution in [-0.4, -0.2) is 40.0 Å². The number of rotatable bonds is 7. The molecule has 0 unspecified atom stereocenters. The summed E-state index contributed by atoms with van der Waals surface area (Å²) < 4.78 is 0. The number of benzene rings is 2. The van der Waals surface area contributed by atoms with Crippen LogP contribution in [0, 0.1) is 10.1 Å². The molecule has 0 bridgehead atoms. The second kappa shape index (κ2) is 9.66. The smallest absolute Gasteiger partial charge is 0.293 e. The second-order valence-corrected chi connectivity index (χ2v) is 7.18. The van der Waals surface area contributed by atoms with E-state index >= 15 is 0 Å². The van der Waals surface area contributed by atoms with E-state index in [1.165, 1.54) is 30.4 Å². The van der Waals surface area contributed by atoms with Crippen LogP contribution >= 0.6 is 11.8 Å². The molecule has 1 fully saturated rings. The van der Waals surface area contributed by atoms with E-state index in [0.717, 1.165) is 22.2 Å². The molecule has 2 aromatic rings. The lowest BCUT2D eigenvalue weighted by atomic mass is 10.1. The second-order valence-electron chi connectivity index (χ2n) is 6.18. The SMILES string of the molecule is O=C(C=Cc1ccccc1[N+](=O)[O-])NCCN1C(=O)SC(=Cc2ccccc2)C1=O. The first kappa shape index (κ1) is 21.0. The summed E-state index contributed by atoms with van der Waals surface area (Å²) in [6.45, 7) is 0.0958. The fourth-order valence-corrected chi connectivity index (χ4v) is 3.57. The summed E-state index contributed by atoms with van der Waals surface area (Å²) in [7, 11) is 0. The van der Waals surface area contributed by atoms with Crippen LogP contribution in [0.3, 0.4) is 0 Å². The lowest BCUT2D eigenvalue weighted by molar-refractivity contribution is -0.385. The van der Waals surface area contributed by atoms with E-state index in [0.29, 0.717) is 10.5 Å². The van der Waals surface area contributed by atoms with E-state index in [9.17, 15) is 24.5 Å². The molecule has 152 valence electrons. The Morgan fingerprint density at radius 1 is 1.10 bits per heavy atom. The molecule has 0 radical (unpaired) electrons. The van der Waals surface area contributed by atoms with Crippen LogP contribution in [0.15, 0.2) is 65.6 Å². The number of hydrogen-bond donors (Lipinski definition) is 1. The molecule has 3 rings (SSSR count). The lowest BCUT2D eigenvalue weighted by Gasteiger charge is -2.12. The minimum atomic E-state index is -0.527. The van der Waals surface area contributed by atoms with Crippen molar-refractivity contribution in [2.24, 2.45) is 0 Å². The van der Waals surface area contributed by atoms with Crippen molar-refractivity contribution in [2.45, 2.75) is 0 Å². The average Bonchev–Trinajstić information content (AvgIpc) is 3.00. The number of nitrogens with one attached hydrogen (secondary N) is 1. The Morgan fingerprint density at radius 3 is 2.53 bits per heavy atom. The van der Waals surface area contributed by atoms with E-state index < -0.39 is 22.0 Å². The maximum absolute atomic E-state index is 12.4. The third kappa shape index (κ3) is 5.21. The first-order chi connectivity index (χ1) is 14.5. The molecule has 1 saturated heterocycles. The predicted molar refractivity (Wildman–Crippen MR) is 114 cm³/mol. The van der Waals surface area contributed by atoms with Crippen LogP contribution in [0.5, 0.6) is 0 Å². The molecule has 0 saturated carbocycles. The highest BCUT2D eigenvalue weighted by atomic mass is 32.2. The van der Waals surface area contributed by atoms with Crippen LogP contribution < -0.4 is 5.32 Å². The highest BCUT2D eigenvalue weighted by Crippen LogP contribution is 2.31. The van der Waals surface area contributed by atoms with E-state index in [4.69, 9.17) is 0 Å². The molecule has 0 aromatic heterocycles. The van der Waals surface area contributed by atoms with Crippen molar-refractivity contribution in [3.8, 4) is 0 Å². The van der Waals surface area contributed by atoms with Gasteiger partial charge in [0.1, 0.15) is 0 Å². The number of para-hydroxylation sites is 1. The Bertz CT molecular complexity index is 1050. The Hall–Kier alpha value is -3.72. The first-order valence-corrected chi connectivity index (χ1v) is 9.77. The number of thioether (sulfide) groups is 1. The Kier molecular flexibility index (Phi) is 6.76. The summed E-state index contributed by atoms with van der Waals surface area (Å²) in [6, 6.07) is 15.2. The zero-order chi connectivity index (χ0) is 21.5. The van der Waals surface area contributed by atoms with Crippen LogP contribution in [0.25, 0.3) is 12.2 Å². The van der Waals surface area contributed by atoms with Gasteiger partial charge >= 0.3 is 0 Å². The Labute approximate surface area is 176 Å². The molecular weight excluding hydrogens is 406 g/mol. The number of carbonyl (C=O) groups is 3. The van der Waals surface area contributed by atoms with Crippen molar-refractivity contribution < 1.29 is 19.3 Å². The number of nitro benzene ring substituents is 1. The number of imide groups is 1. The highest BCUT2D eigenvalue weighted by Gasteiger charge is 2.34. The van der Waals surface area contributed by atoms with Gasteiger partial charge in [0.2, 0.25) is 5.91 Å². The third-order valence-corrected chi connectivity index (χ3v) is 5.06. The Morgan fingerprint density at radius 2 is 1.80 bits per heavy atom.